The number of hydrogen-bond acceptors (Lipinski definition) is 3. The number of para-hydroxylation sites is 1. The van der Waals surface area contributed by atoms with E-state index in [0.29, 0.717) is 17.9 Å². The first-order chi connectivity index (χ1) is 13.8. The van der Waals surface area contributed by atoms with E-state index in [4.69, 9.17) is 0 Å². The van der Waals surface area contributed by atoms with Crippen molar-refractivity contribution in [3.8, 4) is 0 Å². The molecule has 2 N–H and O–H groups in total. The number of fused-ring (bicyclic) bond motifs is 3. The van der Waals surface area contributed by atoms with Crippen molar-refractivity contribution in [1.82, 2.24) is 10.3 Å². The Morgan fingerprint density at radius 3 is 2.82 bits per heavy atom. The quantitative estimate of drug-likeness (QED) is 0.747. The van der Waals surface area contributed by atoms with Gasteiger partial charge in [0.25, 0.3) is 5.91 Å². The Bertz CT molecular complexity index is 886. The maximum atomic E-state index is 13.1. The average Bonchev–Trinajstić information content (AvgIpc) is 3.24. The van der Waals surface area contributed by atoms with Crippen LogP contribution in [0.2, 0.25) is 0 Å². The van der Waals surface area contributed by atoms with Crippen LogP contribution in [0.25, 0.3) is 0 Å². The first-order valence-corrected chi connectivity index (χ1v) is 10.6. The zero-order valence-corrected chi connectivity index (χ0v) is 16.1. The van der Waals surface area contributed by atoms with Gasteiger partial charge in [0.05, 0.1) is 17.3 Å². The largest absolute Gasteiger partial charge is 0.377 e. The van der Waals surface area contributed by atoms with Crippen molar-refractivity contribution >= 4 is 11.6 Å². The molecule has 0 radical (unpaired) electrons. The van der Waals surface area contributed by atoms with Crippen LogP contribution in [-0.2, 0) is 0 Å². The van der Waals surface area contributed by atoms with Gasteiger partial charge in [-0.25, -0.2) is 0 Å². The smallest absolute Gasteiger partial charge is 0.253 e. The van der Waals surface area contributed by atoms with E-state index in [1.165, 1.54) is 30.4 Å². The molecule has 2 heterocycles. The first kappa shape index (κ1) is 17.5. The number of nitrogens with one attached hydrogen (secondary N) is 2. The Balaban J connectivity index is 1.49. The minimum atomic E-state index is 0.0570. The highest BCUT2D eigenvalue weighted by atomic mass is 16.1. The molecule has 2 aliphatic carbocycles. The highest BCUT2D eigenvalue weighted by molar-refractivity contribution is 6.01. The van der Waals surface area contributed by atoms with E-state index < -0.39 is 0 Å². The lowest BCUT2D eigenvalue weighted by Crippen LogP contribution is -2.37. The standard InChI is InChI=1S/C24H27N3O/c28-24(26-17-8-2-1-3-9-17)21-13-5-12-20-18-10-4-11-19(18)22(27-23(20)21)16-7-6-14-25-15-16/h4-7,10,12-15,17-19,22,27H,1-3,8-9,11H2,(H,26,28). The topological polar surface area (TPSA) is 54.0 Å². The van der Waals surface area contributed by atoms with Gasteiger partial charge in [0.1, 0.15) is 0 Å². The molecule has 4 nitrogen and oxygen atoms in total. The SMILES string of the molecule is O=C(NC1CCCCC1)c1cccc2c1NC(c1cccnc1)C1CC=CC21. The van der Waals surface area contributed by atoms with E-state index >= 15 is 0 Å². The summed E-state index contributed by atoms with van der Waals surface area (Å²) in [6.45, 7) is 0. The van der Waals surface area contributed by atoms with Gasteiger partial charge in [0.15, 0.2) is 0 Å². The molecule has 2 aromatic rings. The lowest BCUT2D eigenvalue weighted by molar-refractivity contribution is 0.0928. The van der Waals surface area contributed by atoms with Crippen LogP contribution >= 0.6 is 0 Å². The van der Waals surface area contributed by atoms with E-state index in [1.807, 2.05) is 30.6 Å². The summed E-state index contributed by atoms with van der Waals surface area (Å²) in [4.78, 5) is 17.5. The third-order valence-corrected chi connectivity index (χ3v) is 6.63. The van der Waals surface area contributed by atoms with E-state index in [-0.39, 0.29) is 11.9 Å². The summed E-state index contributed by atoms with van der Waals surface area (Å²) in [5.41, 5.74) is 4.21. The van der Waals surface area contributed by atoms with Crippen LogP contribution in [-0.4, -0.2) is 16.9 Å². The molecule has 1 aromatic carbocycles. The van der Waals surface area contributed by atoms with Crippen molar-refractivity contribution in [2.45, 2.75) is 56.5 Å². The number of benzene rings is 1. The summed E-state index contributed by atoms with van der Waals surface area (Å²) in [6.07, 6.45) is 15.3. The Kier molecular flexibility index (Phi) is 4.63. The fourth-order valence-corrected chi connectivity index (χ4v) is 5.21. The number of rotatable bonds is 3. The molecule has 1 fully saturated rings. The van der Waals surface area contributed by atoms with Gasteiger partial charge in [-0.3, -0.25) is 9.78 Å². The number of allylic oxidation sites excluding steroid dienone is 2. The number of carbonyl (C=O) groups excluding carboxylic acids is 1. The number of carbonyl (C=O) groups is 1. The lowest BCUT2D eigenvalue weighted by Gasteiger charge is -2.38. The Morgan fingerprint density at radius 1 is 1.11 bits per heavy atom. The van der Waals surface area contributed by atoms with Crippen LogP contribution in [0, 0.1) is 5.92 Å². The van der Waals surface area contributed by atoms with Crippen LogP contribution < -0.4 is 10.6 Å². The predicted molar refractivity (Wildman–Crippen MR) is 111 cm³/mol. The number of anilines is 1. The van der Waals surface area contributed by atoms with Gasteiger partial charge in [0.2, 0.25) is 0 Å². The fourth-order valence-electron chi connectivity index (χ4n) is 5.21. The molecule has 144 valence electrons. The Morgan fingerprint density at radius 2 is 2.00 bits per heavy atom. The fraction of sp³-hybridized carbons (Fsp3) is 0.417. The lowest BCUT2D eigenvalue weighted by atomic mass is 9.76. The second kappa shape index (κ2) is 7.42. The van der Waals surface area contributed by atoms with Crippen molar-refractivity contribution in [2.24, 2.45) is 5.92 Å². The van der Waals surface area contributed by atoms with Gasteiger partial charge in [-0.15, -0.1) is 0 Å². The summed E-state index contributed by atoms with van der Waals surface area (Å²) < 4.78 is 0. The number of hydrogen-bond donors (Lipinski definition) is 2. The van der Waals surface area contributed by atoms with Crippen LogP contribution in [0.3, 0.4) is 0 Å². The van der Waals surface area contributed by atoms with Crippen molar-refractivity contribution < 1.29 is 4.79 Å². The maximum absolute atomic E-state index is 13.1. The molecule has 1 aromatic heterocycles. The van der Waals surface area contributed by atoms with Crippen molar-refractivity contribution in [2.75, 3.05) is 5.32 Å². The van der Waals surface area contributed by atoms with Crippen LogP contribution in [0.1, 0.15) is 72.0 Å². The highest BCUT2D eigenvalue weighted by Gasteiger charge is 2.39. The Hall–Kier alpha value is -2.62. The third-order valence-electron chi connectivity index (χ3n) is 6.63. The Labute approximate surface area is 166 Å². The summed E-state index contributed by atoms with van der Waals surface area (Å²) in [5, 5.41) is 7.02. The maximum Gasteiger partial charge on any atom is 0.253 e. The van der Waals surface area contributed by atoms with Crippen LogP contribution in [0.15, 0.2) is 54.9 Å². The van der Waals surface area contributed by atoms with Crippen LogP contribution in [0.4, 0.5) is 5.69 Å². The minimum Gasteiger partial charge on any atom is -0.377 e. The molecule has 0 saturated heterocycles. The molecular weight excluding hydrogens is 346 g/mol. The number of amides is 1. The molecule has 3 unspecified atom stereocenters. The van der Waals surface area contributed by atoms with Gasteiger partial charge in [-0.2, -0.15) is 0 Å². The molecule has 0 bridgehead atoms. The first-order valence-electron chi connectivity index (χ1n) is 10.6. The monoisotopic (exact) mass is 373 g/mol. The summed E-state index contributed by atoms with van der Waals surface area (Å²) in [6, 6.07) is 10.8. The van der Waals surface area contributed by atoms with Crippen LogP contribution in [0.5, 0.6) is 0 Å². The molecule has 3 aliphatic rings. The van der Waals surface area contributed by atoms with Crippen molar-refractivity contribution in [3.63, 3.8) is 0 Å². The summed E-state index contributed by atoms with van der Waals surface area (Å²) in [5.74, 6) is 0.874. The zero-order valence-electron chi connectivity index (χ0n) is 16.1. The van der Waals surface area contributed by atoms with Crippen molar-refractivity contribution in [3.05, 3.63) is 71.6 Å². The van der Waals surface area contributed by atoms with Gasteiger partial charge >= 0.3 is 0 Å². The molecule has 3 atom stereocenters. The molecule has 0 spiro atoms. The highest BCUT2D eigenvalue weighted by Crippen LogP contribution is 2.50. The molecule has 5 rings (SSSR count). The average molecular weight is 374 g/mol. The summed E-state index contributed by atoms with van der Waals surface area (Å²) >= 11 is 0. The normalized spacial score (nSPS) is 26.2. The van der Waals surface area contributed by atoms with Gasteiger partial charge in [-0.1, -0.05) is 49.6 Å². The predicted octanol–water partition coefficient (Wildman–Crippen LogP) is 4.97. The van der Waals surface area contributed by atoms with E-state index in [2.05, 4.69) is 39.9 Å². The second-order valence-electron chi connectivity index (χ2n) is 8.34. The van der Waals surface area contributed by atoms with Gasteiger partial charge < -0.3 is 10.6 Å². The second-order valence-corrected chi connectivity index (χ2v) is 8.34. The van der Waals surface area contributed by atoms with Gasteiger partial charge in [0, 0.05) is 24.4 Å². The van der Waals surface area contributed by atoms with E-state index in [0.717, 1.165) is 30.5 Å². The van der Waals surface area contributed by atoms with Crippen molar-refractivity contribution in [1.29, 1.82) is 0 Å². The summed E-state index contributed by atoms with van der Waals surface area (Å²) in [7, 11) is 0. The minimum absolute atomic E-state index is 0.0570. The zero-order chi connectivity index (χ0) is 18.9. The van der Waals surface area contributed by atoms with E-state index in [1.54, 1.807) is 0 Å². The molecule has 4 heteroatoms. The van der Waals surface area contributed by atoms with Gasteiger partial charge in [-0.05, 0) is 48.4 Å². The molecular formula is C24H27N3O. The third kappa shape index (κ3) is 3.11. The number of aromatic nitrogens is 1. The van der Waals surface area contributed by atoms with E-state index in [9.17, 15) is 4.79 Å². The number of pyridine rings is 1. The molecule has 1 saturated carbocycles. The molecule has 28 heavy (non-hydrogen) atoms. The number of nitrogens with zero attached hydrogens (tertiary/aromatic N) is 1. The molecule has 1 aliphatic heterocycles. The molecule has 1 amide bonds.